The summed E-state index contributed by atoms with van der Waals surface area (Å²) in [5.41, 5.74) is 1.12. The van der Waals surface area contributed by atoms with Crippen LogP contribution in [0.5, 0.6) is 11.5 Å². The predicted octanol–water partition coefficient (Wildman–Crippen LogP) is 3.15. The summed E-state index contributed by atoms with van der Waals surface area (Å²) >= 11 is 0. The highest BCUT2D eigenvalue weighted by molar-refractivity contribution is 14.0. The van der Waals surface area contributed by atoms with Crippen molar-refractivity contribution in [1.29, 1.82) is 0 Å². The van der Waals surface area contributed by atoms with E-state index < -0.39 is 0 Å². The van der Waals surface area contributed by atoms with E-state index in [1.165, 1.54) is 0 Å². The maximum Gasteiger partial charge on any atom is 0.231 e. The molecule has 2 N–H and O–H groups in total. The lowest BCUT2D eigenvalue weighted by atomic mass is 10.0. The van der Waals surface area contributed by atoms with Crippen LogP contribution in [-0.4, -0.2) is 39.1 Å². The summed E-state index contributed by atoms with van der Waals surface area (Å²) < 4.78 is 16.5. The van der Waals surface area contributed by atoms with Gasteiger partial charge in [-0.25, -0.2) is 0 Å². The van der Waals surface area contributed by atoms with E-state index >= 15 is 0 Å². The van der Waals surface area contributed by atoms with Gasteiger partial charge in [0.2, 0.25) is 6.79 Å². The van der Waals surface area contributed by atoms with Crippen LogP contribution in [0.15, 0.2) is 23.2 Å². The van der Waals surface area contributed by atoms with E-state index in [4.69, 9.17) is 14.2 Å². The fourth-order valence-electron chi connectivity index (χ4n) is 2.61. The highest BCUT2D eigenvalue weighted by Gasteiger charge is 2.14. The third-order valence-electron chi connectivity index (χ3n) is 3.97. The Bertz CT molecular complexity index is 552. The van der Waals surface area contributed by atoms with Crippen molar-refractivity contribution in [2.75, 3.05) is 27.0 Å². The highest BCUT2D eigenvalue weighted by Crippen LogP contribution is 2.32. The summed E-state index contributed by atoms with van der Waals surface area (Å²) in [5, 5.41) is 6.65. The van der Waals surface area contributed by atoms with Crippen LogP contribution in [0.4, 0.5) is 0 Å². The Morgan fingerprint density at radius 1 is 1.24 bits per heavy atom. The second-order valence-electron chi connectivity index (χ2n) is 6.07. The minimum atomic E-state index is 0. The average Bonchev–Trinajstić information content (AvgIpc) is 3.04. The molecule has 1 atom stereocenters. The van der Waals surface area contributed by atoms with Crippen LogP contribution >= 0.6 is 24.0 Å². The van der Waals surface area contributed by atoms with E-state index in [1.807, 2.05) is 25.1 Å². The van der Waals surface area contributed by atoms with E-state index in [2.05, 4.69) is 29.5 Å². The van der Waals surface area contributed by atoms with Crippen molar-refractivity contribution in [2.24, 2.45) is 10.9 Å². The zero-order chi connectivity index (χ0) is 17.4. The SMILES string of the molecule is CCOC(CCNC(=NC)NCc1ccc2c(c1)OCO2)C(C)C.I. The second kappa shape index (κ2) is 11.4. The van der Waals surface area contributed by atoms with Gasteiger partial charge in [0, 0.05) is 26.7 Å². The molecule has 1 aromatic carbocycles. The number of fused-ring (bicyclic) bond motifs is 1. The number of halogens is 1. The topological polar surface area (TPSA) is 64.1 Å². The van der Waals surface area contributed by atoms with Gasteiger partial charge in [-0.05, 0) is 37.0 Å². The zero-order valence-electron chi connectivity index (χ0n) is 15.5. The van der Waals surface area contributed by atoms with Crippen molar-refractivity contribution in [3.8, 4) is 11.5 Å². The number of aliphatic imine (C=N–C) groups is 1. The maximum absolute atomic E-state index is 5.76. The Kier molecular flexibility index (Phi) is 9.96. The fourth-order valence-corrected chi connectivity index (χ4v) is 2.61. The van der Waals surface area contributed by atoms with Crippen molar-refractivity contribution in [1.82, 2.24) is 10.6 Å². The van der Waals surface area contributed by atoms with Gasteiger partial charge >= 0.3 is 0 Å². The van der Waals surface area contributed by atoms with Gasteiger partial charge < -0.3 is 24.8 Å². The molecule has 0 amide bonds. The molecule has 1 aliphatic rings. The predicted molar refractivity (Wildman–Crippen MR) is 111 cm³/mol. The molecular formula is C18H30IN3O3. The number of hydrogen-bond acceptors (Lipinski definition) is 4. The molecular weight excluding hydrogens is 433 g/mol. The van der Waals surface area contributed by atoms with Gasteiger partial charge in [-0.2, -0.15) is 0 Å². The molecule has 1 aliphatic heterocycles. The molecule has 0 bridgehead atoms. The van der Waals surface area contributed by atoms with Gasteiger partial charge in [-0.15, -0.1) is 24.0 Å². The Morgan fingerprint density at radius 3 is 2.68 bits per heavy atom. The third-order valence-corrected chi connectivity index (χ3v) is 3.97. The van der Waals surface area contributed by atoms with Crippen molar-refractivity contribution < 1.29 is 14.2 Å². The molecule has 0 fully saturated rings. The van der Waals surface area contributed by atoms with E-state index in [1.54, 1.807) is 7.05 Å². The summed E-state index contributed by atoms with van der Waals surface area (Å²) in [7, 11) is 1.78. The quantitative estimate of drug-likeness (QED) is 0.353. The molecule has 0 saturated carbocycles. The lowest BCUT2D eigenvalue weighted by molar-refractivity contribution is 0.0258. The van der Waals surface area contributed by atoms with Gasteiger partial charge in [-0.3, -0.25) is 4.99 Å². The summed E-state index contributed by atoms with van der Waals surface area (Å²) in [6, 6.07) is 5.95. The Labute approximate surface area is 167 Å². The van der Waals surface area contributed by atoms with Crippen LogP contribution < -0.4 is 20.1 Å². The molecule has 0 aliphatic carbocycles. The molecule has 0 aromatic heterocycles. The monoisotopic (exact) mass is 463 g/mol. The molecule has 6 nitrogen and oxygen atoms in total. The number of ether oxygens (including phenoxy) is 3. The number of guanidine groups is 1. The summed E-state index contributed by atoms with van der Waals surface area (Å²) in [6.07, 6.45) is 1.23. The van der Waals surface area contributed by atoms with Crippen LogP contribution in [0.25, 0.3) is 0 Å². The Balaban J connectivity index is 0.00000312. The lowest BCUT2D eigenvalue weighted by Gasteiger charge is -2.21. The van der Waals surface area contributed by atoms with Gasteiger partial charge in [0.25, 0.3) is 0 Å². The maximum atomic E-state index is 5.76. The molecule has 0 radical (unpaired) electrons. The Hall–Kier alpha value is -1.22. The summed E-state index contributed by atoms with van der Waals surface area (Å²) in [5.74, 6) is 2.90. The second-order valence-corrected chi connectivity index (χ2v) is 6.07. The van der Waals surface area contributed by atoms with Crippen LogP contribution in [0.2, 0.25) is 0 Å². The Morgan fingerprint density at radius 2 is 2.00 bits per heavy atom. The molecule has 2 rings (SSSR count). The van der Waals surface area contributed by atoms with Crippen molar-refractivity contribution in [3.05, 3.63) is 23.8 Å². The number of nitrogens with one attached hydrogen (secondary N) is 2. The van der Waals surface area contributed by atoms with Gasteiger partial charge in [-0.1, -0.05) is 19.9 Å². The van der Waals surface area contributed by atoms with Crippen molar-refractivity contribution in [2.45, 2.75) is 39.8 Å². The first-order valence-corrected chi connectivity index (χ1v) is 8.58. The van der Waals surface area contributed by atoms with Crippen LogP contribution in [0.3, 0.4) is 0 Å². The highest BCUT2D eigenvalue weighted by atomic mass is 127. The average molecular weight is 463 g/mol. The minimum Gasteiger partial charge on any atom is -0.454 e. The third kappa shape index (κ3) is 6.89. The van der Waals surface area contributed by atoms with Gasteiger partial charge in [0.15, 0.2) is 17.5 Å². The van der Waals surface area contributed by atoms with E-state index in [0.29, 0.717) is 19.3 Å². The first-order valence-electron chi connectivity index (χ1n) is 8.58. The standard InChI is InChI=1S/C18H29N3O3.HI/c1-5-22-15(13(2)3)8-9-20-18(19-4)21-11-14-6-7-16-17(10-14)24-12-23-16;/h6-7,10,13,15H,5,8-9,11-12H2,1-4H3,(H2,19,20,21);1H. The van der Waals surface area contributed by atoms with E-state index in [-0.39, 0.29) is 30.1 Å². The van der Waals surface area contributed by atoms with Crippen LogP contribution in [-0.2, 0) is 11.3 Å². The molecule has 142 valence electrons. The first-order chi connectivity index (χ1) is 11.6. The van der Waals surface area contributed by atoms with E-state index in [9.17, 15) is 0 Å². The molecule has 1 aromatic rings. The molecule has 25 heavy (non-hydrogen) atoms. The molecule has 0 saturated heterocycles. The normalized spacial score (nSPS) is 14.2. The number of hydrogen-bond donors (Lipinski definition) is 2. The molecule has 1 unspecified atom stereocenters. The fraction of sp³-hybridized carbons (Fsp3) is 0.611. The smallest absolute Gasteiger partial charge is 0.231 e. The van der Waals surface area contributed by atoms with Crippen molar-refractivity contribution in [3.63, 3.8) is 0 Å². The summed E-state index contributed by atoms with van der Waals surface area (Å²) in [4.78, 5) is 4.26. The lowest BCUT2D eigenvalue weighted by Crippen LogP contribution is -2.38. The minimum absolute atomic E-state index is 0. The number of nitrogens with zero attached hydrogens (tertiary/aromatic N) is 1. The van der Waals surface area contributed by atoms with E-state index in [0.717, 1.165) is 42.6 Å². The van der Waals surface area contributed by atoms with Crippen LogP contribution in [0.1, 0.15) is 32.8 Å². The summed E-state index contributed by atoms with van der Waals surface area (Å²) in [6.45, 7) is 8.96. The molecule has 1 heterocycles. The van der Waals surface area contributed by atoms with Crippen molar-refractivity contribution >= 4 is 29.9 Å². The number of benzene rings is 1. The molecule has 7 heteroatoms. The zero-order valence-corrected chi connectivity index (χ0v) is 17.8. The van der Waals surface area contributed by atoms with Crippen LogP contribution in [0, 0.1) is 5.92 Å². The number of rotatable bonds is 8. The first kappa shape index (κ1) is 21.8. The molecule has 0 spiro atoms. The van der Waals surface area contributed by atoms with Gasteiger partial charge in [0.05, 0.1) is 6.10 Å². The largest absolute Gasteiger partial charge is 0.454 e. The van der Waals surface area contributed by atoms with Gasteiger partial charge in [0.1, 0.15) is 0 Å².